The van der Waals surface area contributed by atoms with Crippen molar-refractivity contribution < 1.29 is 4.39 Å². The first-order valence-corrected chi connectivity index (χ1v) is 6.75. The van der Waals surface area contributed by atoms with Gasteiger partial charge in [-0.1, -0.05) is 48.0 Å². The average Bonchev–Trinajstić information content (AvgIpc) is 2.43. The van der Waals surface area contributed by atoms with Crippen LogP contribution in [0.25, 0.3) is 0 Å². The molecule has 0 aromatic heterocycles. The number of rotatable bonds is 5. The van der Waals surface area contributed by atoms with Gasteiger partial charge < -0.3 is 5.32 Å². The second-order valence-electron chi connectivity index (χ2n) is 4.49. The lowest BCUT2D eigenvalue weighted by Crippen LogP contribution is -2.17. The highest BCUT2D eigenvalue weighted by Gasteiger charge is 2.12. The lowest BCUT2D eigenvalue weighted by Gasteiger charge is -2.17. The van der Waals surface area contributed by atoms with Gasteiger partial charge in [-0.15, -0.1) is 0 Å². The molecule has 2 aromatic carbocycles. The maximum absolute atomic E-state index is 13.7. The highest BCUT2D eigenvalue weighted by Crippen LogP contribution is 2.24. The van der Waals surface area contributed by atoms with Crippen LogP contribution in [0, 0.1) is 5.82 Å². The maximum Gasteiger partial charge on any atom is 0.127 e. The zero-order valence-corrected chi connectivity index (χ0v) is 11.6. The summed E-state index contributed by atoms with van der Waals surface area (Å²) in [6.07, 6.45) is 1.42. The third kappa shape index (κ3) is 3.55. The molecule has 0 radical (unpaired) electrons. The van der Waals surface area contributed by atoms with E-state index in [2.05, 4.69) is 17.4 Å². The summed E-state index contributed by atoms with van der Waals surface area (Å²) < 4.78 is 13.7. The monoisotopic (exact) mass is 277 g/mol. The van der Waals surface area contributed by atoms with Gasteiger partial charge >= 0.3 is 0 Å². The number of nitrogens with one attached hydrogen (secondary N) is 1. The number of hydrogen-bond donors (Lipinski definition) is 1. The summed E-state index contributed by atoms with van der Waals surface area (Å²) in [5.41, 5.74) is 1.80. The molecule has 0 aliphatic rings. The van der Waals surface area contributed by atoms with Crippen molar-refractivity contribution in [2.75, 3.05) is 7.05 Å². The van der Waals surface area contributed by atoms with Crippen LogP contribution in [0.2, 0.25) is 5.02 Å². The van der Waals surface area contributed by atoms with E-state index in [4.69, 9.17) is 11.6 Å². The normalized spacial score (nSPS) is 12.4. The smallest absolute Gasteiger partial charge is 0.127 e. The fourth-order valence-corrected chi connectivity index (χ4v) is 2.48. The van der Waals surface area contributed by atoms with Gasteiger partial charge in [-0.25, -0.2) is 4.39 Å². The lowest BCUT2D eigenvalue weighted by molar-refractivity contribution is 0.534. The van der Waals surface area contributed by atoms with Crippen LogP contribution in [-0.2, 0) is 6.42 Å². The minimum absolute atomic E-state index is 0.205. The molecule has 1 nitrogen and oxygen atoms in total. The predicted octanol–water partition coefficient (Wildman–Crippen LogP) is 4.37. The van der Waals surface area contributed by atoms with Crippen molar-refractivity contribution in [2.24, 2.45) is 0 Å². The standard InChI is InChI=1S/C16H17ClFN/c1-19-16(12-6-3-2-4-7-12)11-10-13-14(17)8-5-9-15(13)18/h2-9,16,19H,10-11H2,1H3. The molecule has 0 aliphatic carbocycles. The third-order valence-corrected chi connectivity index (χ3v) is 3.65. The van der Waals surface area contributed by atoms with Crippen LogP contribution in [0.15, 0.2) is 48.5 Å². The van der Waals surface area contributed by atoms with Gasteiger partial charge in [-0.3, -0.25) is 0 Å². The van der Waals surface area contributed by atoms with Gasteiger partial charge in [-0.05, 0) is 37.6 Å². The van der Waals surface area contributed by atoms with E-state index in [9.17, 15) is 4.39 Å². The maximum atomic E-state index is 13.7. The van der Waals surface area contributed by atoms with Gasteiger partial charge in [0.2, 0.25) is 0 Å². The molecule has 0 bridgehead atoms. The molecule has 0 amide bonds. The number of hydrogen-bond acceptors (Lipinski definition) is 1. The minimum atomic E-state index is -0.226. The molecule has 0 aliphatic heterocycles. The summed E-state index contributed by atoms with van der Waals surface area (Å²) >= 11 is 6.04. The van der Waals surface area contributed by atoms with Crippen molar-refractivity contribution in [3.8, 4) is 0 Å². The van der Waals surface area contributed by atoms with Gasteiger partial charge in [0, 0.05) is 16.6 Å². The summed E-state index contributed by atoms with van der Waals surface area (Å²) in [6.45, 7) is 0. The van der Waals surface area contributed by atoms with Crippen molar-refractivity contribution in [2.45, 2.75) is 18.9 Å². The molecule has 2 rings (SSSR count). The summed E-state index contributed by atoms with van der Waals surface area (Å²) in [6, 6.07) is 15.2. The fourth-order valence-electron chi connectivity index (χ4n) is 2.22. The van der Waals surface area contributed by atoms with Crippen LogP contribution >= 0.6 is 11.6 Å². The van der Waals surface area contributed by atoms with E-state index >= 15 is 0 Å². The molecule has 0 heterocycles. The topological polar surface area (TPSA) is 12.0 Å². The van der Waals surface area contributed by atoms with Gasteiger partial charge in [0.25, 0.3) is 0 Å². The predicted molar refractivity (Wildman–Crippen MR) is 78.0 cm³/mol. The molecular formula is C16H17ClFN. The first kappa shape index (κ1) is 14.0. The molecule has 1 unspecified atom stereocenters. The Kier molecular flexibility index (Phi) is 4.94. The second-order valence-corrected chi connectivity index (χ2v) is 4.90. The fraction of sp³-hybridized carbons (Fsp3) is 0.250. The minimum Gasteiger partial charge on any atom is -0.313 e. The van der Waals surface area contributed by atoms with Gasteiger partial charge in [0.1, 0.15) is 5.82 Å². The van der Waals surface area contributed by atoms with Crippen LogP contribution in [0.3, 0.4) is 0 Å². The zero-order chi connectivity index (χ0) is 13.7. The van der Waals surface area contributed by atoms with E-state index in [0.29, 0.717) is 17.0 Å². The van der Waals surface area contributed by atoms with E-state index in [1.165, 1.54) is 11.6 Å². The number of halogens is 2. The average molecular weight is 278 g/mol. The van der Waals surface area contributed by atoms with Crippen LogP contribution < -0.4 is 5.32 Å². The molecular weight excluding hydrogens is 261 g/mol. The Morgan fingerprint density at radius 1 is 1.11 bits per heavy atom. The SMILES string of the molecule is CNC(CCc1c(F)cccc1Cl)c1ccccc1. The molecule has 3 heteroatoms. The van der Waals surface area contributed by atoms with E-state index in [1.807, 2.05) is 25.2 Å². The van der Waals surface area contributed by atoms with Crippen molar-refractivity contribution in [3.05, 3.63) is 70.5 Å². The highest BCUT2D eigenvalue weighted by atomic mass is 35.5. The summed E-state index contributed by atoms with van der Waals surface area (Å²) in [5, 5.41) is 3.76. The van der Waals surface area contributed by atoms with Gasteiger partial charge in [-0.2, -0.15) is 0 Å². The Bertz CT molecular complexity index is 507. The van der Waals surface area contributed by atoms with Crippen LogP contribution in [0.1, 0.15) is 23.6 Å². The van der Waals surface area contributed by atoms with Crippen molar-refractivity contribution >= 4 is 11.6 Å². The lowest BCUT2D eigenvalue weighted by atomic mass is 9.99. The highest BCUT2D eigenvalue weighted by molar-refractivity contribution is 6.31. The largest absolute Gasteiger partial charge is 0.313 e. The molecule has 0 saturated carbocycles. The Morgan fingerprint density at radius 2 is 1.84 bits per heavy atom. The van der Waals surface area contributed by atoms with E-state index in [1.54, 1.807) is 12.1 Å². The third-order valence-electron chi connectivity index (χ3n) is 3.30. The second kappa shape index (κ2) is 6.69. The molecule has 19 heavy (non-hydrogen) atoms. The molecule has 0 saturated heterocycles. The van der Waals surface area contributed by atoms with Crippen LogP contribution in [0.5, 0.6) is 0 Å². The molecule has 2 aromatic rings. The number of benzene rings is 2. The summed E-state index contributed by atoms with van der Waals surface area (Å²) in [4.78, 5) is 0. The Balaban J connectivity index is 2.09. The van der Waals surface area contributed by atoms with E-state index in [0.717, 1.165) is 6.42 Å². The Labute approximate surface area is 118 Å². The van der Waals surface area contributed by atoms with Crippen molar-refractivity contribution in [3.63, 3.8) is 0 Å². The van der Waals surface area contributed by atoms with Crippen LogP contribution in [0.4, 0.5) is 4.39 Å². The van der Waals surface area contributed by atoms with Crippen LogP contribution in [-0.4, -0.2) is 7.05 Å². The molecule has 0 fully saturated rings. The van der Waals surface area contributed by atoms with Crippen molar-refractivity contribution in [1.82, 2.24) is 5.32 Å². The van der Waals surface area contributed by atoms with Gasteiger partial charge in [0.05, 0.1) is 0 Å². The first-order valence-electron chi connectivity index (χ1n) is 6.37. The van der Waals surface area contributed by atoms with E-state index in [-0.39, 0.29) is 11.9 Å². The summed E-state index contributed by atoms with van der Waals surface area (Å²) in [7, 11) is 1.92. The molecule has 1 atom stereocenters. The molecule has 0 spiro atoms. The zero-order valence-electron chi connectivity index (χ0n) is 10.9. The van der Waals surface area contributed by atoms with Gasteiger partial charge in [0.15, 0.2) is 0 Å². The van der Waals surface area contributed by atoms with Crippen molar-refractivity contribution in [1.29, 1.82) is 0 Å². The quantitative estimate of drug-likeness (QED) is 0.856. The summed E-state index contributed by atoms with van der Waals surface area (Å²) in [5.74, 6) is -0.226. The Morgan fingerprint density at radius 3 is 2.47 bits per heavy atom. The van der Waals surface area contributed by atoms with E-state index < -0.39 is 0 Å². The first-order chi connectivity index (χ1) is 9.22. The molecule has 100 valence electrons. The molecule has 1 N–H and O–H groups in total. The Hall–Kier alpha value is -1.38.